The van der Waals surface area contributed by atoms with Crippen LogP contribution >= 0.6 is 0 Å². The molecule has 1 aromatic carbocycles. The Bertz CT molecular complexity index is 544. The lowest BCUT2D eigenvalue weighted by Gasteiger charge is -2.27. The standard InChI is InChI=1S/C16H21N3/c1-2-19-12-11-17-16(19)10-9-14-8-7-13-5-3-4-6-15(13)18-14/h3-6,11-12,14,18H,2,7-10H2,1H3. The second kappa shape index (κ2) is 5.47. The maximum Gasteiger partial charge on any atom is 0.108 e. The van der Waals surface area contributed by atoms with Gasteiger partial charge in [0.2, 0.25) is 0 Å². The summed E-state index contributed by atoms with van der Waals surface area (Å²) in [6, 6.07) is 9.23. The first-order valence-electron chi connectivity index (χ1n) is 7.21. The van der Waals surface area contributed by atoms with Gasteiger partial charge in [0.15, 0.2) is 0 Å². The molecular formula is C16H21N3. The highest BCUT2D eigenvalue weighted by Crippen LogP contribution is 2.25. The van der Waals surface area contributed by atoms with Crippen LogP contribution in [0.3, 0.4) is 0 Å². The average molecular weight is 255 g/mol. The van der Waals surface area contributed by atoms with Gasteiger partial charge in [-0.15, -0.1) is 0 Å². The zero-order valence-corrected chi connectivity index (χ0v) is 11.5. The molecule has 0 bridgehead atoms. The van der Waals surface area contributed by atoms with Crippen LogP contribution in [0.4, 0.5) is 5.69 Å². The predicted octanol–water partition coefficient (Wildman–Crippen LogP) is 3.26. The van der Waals surface area contributed by atoms with E-state index in [9.17, 15) is 0 Å². The molecule has 0 saturated heterocycles. The van der Waals surface area contributed by atoms with Gasteiger partial charge in [-0.25, -0.2) is 4.98 Å². The smallest absolute Gasteiger partial charge is 0.108 e. The molecule has 19 heavy (non-hydrogen) atoms. The topological polar surface area (TPSA) is 29.9 Å². The molecular weight excluding hydrogens is 234 g/mol. The van der Waals surface area contributed by atoms with Crippen LogP contribution in [0.15, 0.2) is 36.7 Å². The summed E-state index contributed by atoms with van der Waals surface area (Å²) in [5.74, 6) is 1.21. The monoisotopic (exact) mass is 255 g/mol. The predicted molar refractivity (Wildman–Crippen MR) is 78.4 cm³/mol. The number of nitrogens with zero attached hydrogens (tertiary/aromatic N) is 2. The average Bonchev–Trinajstić information content (AvgIpc) is 2.92. The van der Waals surface area contributed by atoms with Crippen LogP contribution in [0.25, 0.3) is 0 Å². The molecule has 1 aromatic heterocycles. The summed E-state index contributed by atoms with van der Waals surface area (Å²) in [7, 11) is 0. The van der Waals surface area contributed by atoms with E-state index < -0.39 is 0 Å². The Hall–Kier alpha value is -1.77. The summed E-state index contributed by atoms with van der Waals surface area (Å²) >= 11 is 0. The highest BCUT2D eigenvalue weighted by atomic mass is 15.1. The van der Waals surface area contributed by atoms with Crippen molar-refractivity contribution in [2.45, 2.75) is 45.2 Å². The van der Waals surface area contributed by atoms with E-state index in [1.165, 1.54) is 29.9 Å². The first-order chi connectivity index (χ1) is 9.36. The molecule has 1 N–H and O–H groups in total. The van der Waals surface area contributed by atoms with Crippen LogP contribution < -0.4 is 5.32 Å². The highest BCUT2D eigenvalue weighted by Gasteiger charge is 2.17. The molecule has 3 heteroatoms. The van der Waals surface area contributed by atoms with Crippen LogP contribution in [-0.2, 0) is 19.4 Å². The maximum absolute atomic E-state index is 4.45. The highest BCUT2D eigenvalue weighted by molar-refractivity contribution is 5.53. The minimum absolute atomic E-state index is 0.580. The van der Waals surface area contributed by atoms with Crippen LogP contribution in [0.1, 0.15) is 31.2 Å². The molecule has 3 rings (SSSR count). The van der Waals surface area contributed by atoms with Gasteiger partial charge in [0.05, 0.1) is 0 Å². The number of para-hydroxylation sites is 1. The number of rotatable bonds is 4. The Balaban J connectivity index is 1.61. The van der Waals surface area contributed by atoms with Crippen molar-refractivity contribution >= 4 is 5.69 Å². The molecule has 2 aromatic rings. The number of hydrogen-bond acceptors (Lipinski definition) is 2. The summed E-state index contributed by atoms with van der Waals surface area (Å²) in [4.78, 5) is 4.45. The van der Waals surface area contributed by atoms with Gasteiger partial charge in [-0.3, -0.25) is 0 Å². The van der Waals surface area contributed by atoms with Crippen molar-refractivity contribution in [1.29, 1.82) is 0 Å². The van der Waals surface area contributed by atoms with Gasteiger partial charge in [-0.05, 0) is 37.8 Å². The van der Waals surface area contributed by atoms with Crippen molar-refractivity contribution in [2.75, 3.05) is 5.32 Å². The fraction of sp³-hybridized carbons (Fsp3) is 0.438. The largest absolute Gasteiger partial charge is 0.382 e. The first-order valence-corrected chi connectivity index (χ1v) is 7.21. The number of benzene rings is 1. The first kappa shape index (κ1) is 12.3. The lowest BCUT2D eigenvalue weighted by atomic mass is 9.95. The third kappa shape index (κ3) is 2.65. The summed E-state index contributed by atoms with van der Waals surface area (Å²) in [6.45, 7) is 3.18. The van der Waals surface area contributed by atoms with E-state index in [0.717, 1.165) is 19.4 Å². The molecule has 0 amide bonds. The Labute approximate surface area is 114 Å². The number of nitrogens with one attached hydrogen (secondary N) is 1. The van der Waals surface area contributed by atoms with Gasteiger partial charge in [0, 0.05) is 37.1 Å². The van der Waals surface area contributed by atoms with Crippen molar-refractivity contribution in [3.05, 3.63) is 48.0 Å². The summed E-state index contributed by atoms with van der Waals surface area (Å²) in [6.07, 6.45) is 8.60. The SMILES string of the molecule is CCn1ccnc1CCC1CCc2ccccc2N1. The maximum atomic E-state index is 4.45. The molecule has 1 atom stereocenters. The van der Waals surface area contributed by atoms with Crippen molar-refractivity contribution in [2.24, 2.45) is 0 Å². The zero-order chi connectivity index (χ0) is 13.1. The quantitative estimate of drug-likeness (QED) is 0.908. The van der Waals surface area contributed by atoms with E-state index >= 15 is 0 Å². The van der Waals surface area contributed by atoms with Gasteiger partial charge < -0.3 is 9.88 Å². The van der Waals surface area contributed by atoms with Crippen LogP contribution in [0.5, 0.6) is 0 Å². The lowest BCUT2D eigenvalue weighted by Crippen LogP contribution is -2.26. The number of anilines is 1. The number of fused-ring (bicyclic) bond motifs is 1. The van der Waals surface area contributed by atoms with Gasteiger partial charge in [0.1, 0.15) is 5.82 Å². The minimum atomic E-state index is 0.580. The Kier molecular flexibility index (Phi) is 3.53. The van der Waals surface area contributed by atoms with Crippen LogP contribution in [-0.4, -0.2) is 15.6 Å². The summed E-state index contributed by atoms with van der Waals surface area (Å²) in [5.41, 5.74) is 2.77. The van der Waals surface area contributed by atoms with E-state index in [0.29, 0.717) is 6.04 Å². The summed E-state index contributed by atoms with van der Waals surface area (Å²) in [5, 5.41) is 3.66. The van der Waals surface area contributed by atoms with E-state index in [1.54, 1.807) is 0 Å². The normalized spacial score (nSPS) is 17.8. The fourth-order valence-corrected chi connectivity index (χ4v) is 2.88. The molecule has 0 fully saturated rings. The van der Waals surface area contributed by atoms with E-state index in [2.05, 4.69) is 52.3 Å². The van der Waals surface area contributed by atoms with Gasteiger partial charge >= 0.3 is 0 Å². The Morgan fingerprint density at radius 2 is 2.26 bits per heavy atom. The molecule has 0 saturated carbocycles. The number of hydrogen-bond donors (Lipinski definition) is 1. The zero-order valence-electron chi connectivity index (χ0n) is 11.5. The molecule has 100 valence electrons. The minimum Gasteiger partial charge on any atom is -0.382 e. The molecule has 0 aliphatic carbocycles. The number of aryl methyl sites for hydroxylation is 3. The van der Waals surface area contributed by atoms with Crippen LogP contribution in [0, 0.1) is 0 Å². The number of aromatic nitrogens is 2. The Morgan fingerprint density at radius 3 is 3.16 bits per heavy atom. The number of imidazole rings is 1. The molecule has 2 heterocycles. The molecule has 0 spiro atoms. The van der Waals surface area contributed by atoms with Crippen molar-refractivity contribution in [3.8, 4) is 0 Å². The molecule has 1 aliphatic rings. The van der Waals surface area contributed by atoms with Gasteiger partial charge in [0.25, 0.3) is 0 Å². The van der Waals surface area contributed by atoms with Crippen LogP contribution in [0.2, 0.25) is 0 Å². The van der Waals surface area contributed by atoms with E-state index in [-0.39, 0.29) is 0 Å². The third-order valence-corrected chi connectivity index (χ3v) is 4.00. The third-order valence-electron chi connectivity index (χ3n) is 4.00. The van der Waals surface area contributed by atoms with Gasteiger partial charge in [-0.1, -0.05) is 18.2 Å². The van der Waals surface area contributed by atoms with E-state index in [4.69, 9.17) is 0 Å². The van der Waals surface area contributed by atoms with Crippen molar-refractivity contribution < 1.29 is 0 Å². The summed E-state index contributed by atoms with van der Waals surface area (Å²) < 4.78 is 2.23. The fourth-order valence-electron chi connectivity index (χ4n) is 2.88. The molecule has 0 radical (unpaired) electrons. The Morgan fingerprint density at radius 1 is 1.37 bits per heavy atom. The van der Waals surface area contributed by atoms with Crippen molar-refractivity contribution in [1.82, 2.24) is 9.55 Å². The molecule has 1 aliphatic heterocycles. The van der Waals surface area contributed by atoms with Crippen molar-refractivity contribution in [3.63, 3.8) is 0 Å². The second-order valence-electron chi connectivity index (χ2n) is 5.21. The lowest BCUT2D eigenvalue weighted by molar-refractivity contribution is 0.564. The van der Waals surface area contributed by atoms with E-state index in [1.807, 2.05) is 6.20 Å². The molecule has 3 nitrogen and oxygen atoms in total. The van der Waals surface area contributed by atoms with Gasteiger partial charge in [-0.2, -0.15) is 0 Å². The molecule has 1 unspecified atom stereocenters. The second-order valence-corrected chi connectivity index (χ2v) is 5.21.